The van der Waals surface area contributed by atoms with Crippen molar-refractivity contribution >= 4 is 0 Å². The number of ether oxygens (including phenoxy) is 2. The van der Waals surface area contributed by atoms with E-state index in [-0.39, 0.29) is 11.6 Å². The van der Waals surface area contributed by atoms with E-state index in [1.54, 1.807) is 12.1 Å². The fourth-order valence-corrected chi connectivity index (χ4v) is 2.77. The Morgan fingerprint density at radius 3 is 2.78 bits per heavy atom. The van der Waals surface area contributed by atoms with Gasteiger partial charge in [-0.05, 0) is 19.1 Å². The van der Waals surface area contributed by atoms with Crippen molar-refractivity contribution in [3.8, 4) is 23.3 Å². The Labute approximate surface area is 134 Å². The molecule has 3 rings (SSSR count). The summed E-state index contributed by atoms with van der Waals surface area (Å²) in [5.41, 5.74) is 7.85. The summed E-state index contributed by atoms with van der Waals surface area (Å²) in [6, 6.07) is 14.5. The maximum absolute atomic E-state index is 9.67. The molecule has 0 saturated heterocycles. The normalized spacial score (nSPS) is 16.3. The lowest BCUT2D eigenvalue weighted by Crippen LogP contribution is -2.21. The van der Waals surface area contributed by atoms with Crippen molar-refractivity contribution in [1.29, 1.82) is 5.26 Å². The van der Waals surface area contributed by atoms with Crippen molar-refractivity contribution in [2.75, 3.05) is 6.61 Å². The molecule has 0 aromatic heterocycles. The molecular formula is C18H16N2O3. The third-order valence-corrected chi connectivity index (χ3v) is 3.73. The van der Waals surface area contributed by atoms with Gasteiger partial charge in [-0.25, -0.2) is 0 Å². The second kappa shape index (κ2) is 5.93. The highest BCUT2D eigenvalue weighted by Gasteiger charge is 2.32. The fourth-order valence-electron chi connectivity index (χ4n) is 2.77. The van der Waals surface area contributed by atoms with Gasteiger partial charge in [0.2, 0.25) is 5.88 Å². The molecule has 0 fully saturated rings. The molecule has 1 unspecified atom stereocenters. The molecule has 3 N–H and O–H groups in total. The first-order chi connectivity index (χ1) is 11.2. The van der Waals surface area contributed by atoms with Gasteiger partial charge in [-0.3, -0.25) is 0 Å². The molecule has 23 heavy (non-hydrogen) atoms. The van der Waals surface area contributed by atoms with Gasteiger partial charge >= 0.3 is 0 Å². The van der Waals surface area contributed by atoms with Crippen LogP contribution in [0.3, 0.4) is 0 Å². The number of para-hydroxylation sites is 1. The molecule has 0 bridgehead atoms. The molecule has 0 amide bonds. The number of nitrogens with zero attached hydrogens (tertiary/aromatic N) is 1. The number of benzene rings is 2. The van der Waals surface area contributed by atoms with E-state index >= 15 is 0 Å². The molecule has 2 aromatic rings. The van der Waals surface area contributed by atoms with E-state index in [9.17, 15) is 10.4 Å². The van der Waals surface area contributed by atoms with Crippen LogP contribution < -0.4 is 15.2 Å². The van der Waals surface area contributed by atoms with Crippen LogP contribution in [0.4, 0.5) is 0 Å². The minimum absolute atomic E-state index is 0.0434. The summed E-state index contributed by atoms with van der Waals surface area (Å²) in [6.45, 7) is 2.42. The van der Waals surface area contributed by atoms with Gasteiger partial charge in [-0.15, -0.1) is 0 Å². The summed E-state index contributed by atoms with van der Waals surface area (Å²) in [4.78, 5) is 0. The maximum atomic E-state index is 9.67. The minimum Gasteiger partial charge on any atom is -0.508 e. The molecule has 1 aliphatic rings. The van der Waals surface area contributed by atoms with Gasteiger partial charge in [-0.1, -0.05) is 24.3 Å². The Morgan fingerprint density at radius 2 is 2.04 bits per heavy atom. The lowest BCUT2D eigenvalue weighted by atomic mass is 9.83. The van der Waals surface area contributed by atoms with Crippen molar-refractivity contribution in [2.45, 2.75) is 12.8 Å². The SMILES string of the molecule is CCOc1ccccc1C1C(C#N)=C(N)Oc2cc(O)ccc21. The van der Waals surface area contributed by atoms with E-state index in [1.165, 1.54) is 6.07 Å². The molecule has 5 heteroatoms. The largest absolute Gasteiger partial charge is 0.508 e. The summed E-state index contributed by atoms with van der Waals surface area (Å²) < 4.78 is 11.2. The number of rotatable bonds is 3. The van der Waals surface area contributed by atoms with Crippen LogP contribution in [-0.2, 0) is 0 Å². The zero-order chi connectivity index (χ0) is 16.4. The Bertz CT molecular complexity index is 821. The average Bonchev–Trinajstić information content (AvgIpc) is 2.54. The zero-order valence-corrected chi connectivity index (χ0v) is 12.6. The highest BCUT2D eigenvalue weighted by Crippen LogP contribution is 2.45. The van der Waals surface area contributed by atoms with Crippen LogP contribution in [0.2, 0.25) is 0 Å². The van der Waals surface area contributed by atoms with Crippen LogP contribution in [0, 0.1) is 11.3 Å². The van der Waals surface area contributed by atoms with Crippen molar-refractivity contribution in [3.63, 3.8) is 0 Å². The van der Waals surface area contributed by atoms with Gasteiger partial charge in [-0.2, -0.15) is 5.26 Å². The Kier molecular flexibility index (Phi) is 3.82. The van der Waals surface area contributed by atoms with Crippen LogP contribution in [0.25, 0.3) is 0 Å². The van der Waals surface area contributed by atoms with Gasteiger partial charge in [0.1, 0.15) is 28.9 Å². The van der Waals surface area contributed by atoms with Gasteiger partial charge in [0.15, 0.2) is 0 Å². The van der Waals surface area contributed by atoms with E-state index in [0.29, 0.717) is 23.7 Å². The minimum atomic E-state index is -0.396. The van der Waals surface area contributed by atoms with Crippen LogP contribution in [0.15, 0.2) is 53.9 Å². The molecule has 1 atom stereocenters. The number of phenols is 1. The number of aromatic hydroxyl groups is 1. The van der Waals surface area contributed by atoms with Crippen molar-refractivity contribution in [1.82, 2.24) is 0 Å². The van der Waals surface area contributed by atoms with Crippen LogP contribution in [0.5, 0.6) is 17.2 Å². The molecule has 2 aromatic carbocycles. The highest BCUT2D eigenvalue weighted by molar-refractivity contribution is 5.59. The predicted molar refractivity (Wildman–Crippen MR) is 85.0 cm³/mol. The molecule has 116 valence electrons. The van der Waals surface area contributed by atoms with Gasteiger partial charge < -0.3 is 20.3 Å². The number of nitriles is 1. The van der Waals surface area contributed by atoms with E-state index in [1.807, 2.05) is 31.2 Å². The summed E-state index contributed by atoms with van der Waals surface area (Å²) in [6.07, 6.45) is 0. The van der Waals surface area contributed by atoms with Crippen molar-refractivity contribution in [3.05, 3.63) is 65.0 Å². The molecule has 5 nitrogen and oxygen atoms in total. The summed E-state index contributed by atoms with van der Waals surface area (Å²) in [5, 5.41) is 19.2. The Balaban J connectivity index is 2.23. The van der Waals surface area contributed by atoms with Crippen LogP contribution in [0.1, 0.15) is 24.0 Å². The number of phenolic OH excluding ortho intramolecular Hbond substituents is 1. The fraction of sp³-hybridized carbons (Fsp3) is 0.167. The quantitative estimate of drug-likeness (QED) is 0.910. The lowest BCUT2D eigenvalue weighted by molar-refractivity contribution is 0.334. The molecule has 0 radical (unpaired) electrons. The molecule has 1 heterocycles. The summed E-state index contributed by atoms with van der Waals surface area (Å²) in [5.74, 6) is 0.863. The number of hydrogen-bond acceptors (Lipinski definition) is 5. The third kappa shape index (κ3) is 2.55. The van der Waals surface area contributed by atoms with E-state index in [0.717, 1.165) is 11.1 Å². The third-order valence-electron chi connectivity index (χ3n) is 3.73. The maximum Gasteiger partial charge on any atom is 0.205 e. The number of nitrogens with two attached hydrogens (primary N) is 1. The van der Waals surface area contributed by atoms with E-state index < -0.39 is 5.92 Å². The summed E-state index contributed by atoms with van der Waals surface area (Å²) in [7, 11) is 0. The smallest absolute Gasteiger partial charge is 0.205 e. The summed E-state index contributed by atoms with van der Waals surface area (Å²) >= 11 is 0. The van der Waals surface area contributed by atoms with Crippen LogP contribution >= 0.6 is 0 Å². The van der Waals surface area contributed by atoms with Crippen LogP contribution in [-0.4, -0.2) is 11.7 Å². The monoisotopic (exact) mass is 308 g/mol. The van der Waals surface area contributed by atoms with Crippen molar-refractivity contribution < 1.29 is 14.6 Å². The second-order valence-corrected chi connectivity index (χ2v) is 5.12. The second-order valence-electron chi connectivity index (χ2n) is 5.12. The van der Waals surface area contributed by atoms with Gasteiger partial charge in [0, 0.05) is 17.2 Å². The topological polar surface area (TPSA) is 88.5 Å². The first-order valence-electron chi connectivity index (χ1n) is 7.28. The Morgan fingerprint density at radius 1 is 1.26 bits per heavy atom. The molecular weight excluding hydrogens is 292 g/mol. The predicted octanol–water partition coefficient (Wildman–Crippen LogP) is 3.01. The van der Waals surface area contributed by atoms with Crippen molar-refractivity contribution in [2.24, 2.45) is 5.73 Å². The highest BCUT2D eigenvalue weighted by atomic mass is 16.5. The number of allylic oxidation sites excluding steroid dienone is 1. The zero-order valence-electron chi connectivity index (χ0n) is 12.6. The first kappa shape index (κ1) is 14.8. The van der Waals surface area contributed by atoms with Gasteiger partial charge in [0.05, 0.1) is 12.5 Å². The van der Waals surface area contributed by atoms with E-state index in [2.05, 4.69) is 6.07 Å². The Hall–Kier alpha value is -3.13. The first-order valence-corrected chi connectivity index (χ1v) is 7.28. The van der Waals surface area contributed by atoms with E-state index in [4.69, 9.17) is 15.2 Å². The standard InChI is InChI=1S/C18H16N2O3/c1-2-22-15-6-4-3-5-12(15)17-13-8-7-11(21)9-16(13)23-18(20)14(17)10-19/h3-9,17,21H,2,20H2,1H3. The number of fused-ring (bicyclic) bond motifs is 1. The molecule has 0 saturated carbocycles. The molecule has 0 aliphatic carbocycles. The average molecular weight is 308 g/mol. The van der Waals surface area contributed by atoms with Gasteiger partial charge in [0.25, 0.3) is 0 Å². The number of hydrogen-bond donors (Lipinski definition) is 2. The molecule has 0 spiro atoms. The lowest BCUT2D eigenvalue weighted by Gasteiger charge is -2.27. The molecule has 1 aliphatic heterocycles.